The first-order chi connectivity index (χ1) is 12.7. The first-order valence-corrected chi connectivity index (χ1v) is 8.87. The lowest BCUT2D eigenvalue weighted by molar-refractivity contribution is 0.105. The molecule has 3 aromatic carbocycles. The predicted octanol–water partition coefficient (Wildman–Crippen LogP) is 4.43. The number of nitrogens with zero attached hydrogens (tertiary/aromatic N) is 1. The van der Waals surface area contributed by atoms with Crippen molar-refractivity contribution in [2.24, 2.45) is 0 Å². The average molecular weight is 347 g/mol. The van der Waals surface area contributed by atoms with Crippen molar-refractivity contribution in [3.63, 3.8) is 0 Å². The normalized spacial score (nSPS) is 12.1. The lowest BCUT2D eigenvalue weighted by Gasteiger charge is -2.25. The summed E-state index contributed by atoms with van der Waals surface area (Å²) in [5, 5.41) is 10.7. The van der Waals surface area contributed by atoms with Crippen molar-refractivity contribution < 1.29 is 9.84 Å². The molecular weight excluding hydrogens is 322 g/mol. The summed E-state index contributed by atoms with van der Waals surface area (Å²) in [6.45, 7) is 2.13. The van der Waals surface area contributed by atoms with Gasteiger partial charge in [0.15, 0.2) is 0 Å². The van der Waals surface area contributed by atoms with Crippen molar-refractivity contribution in [3.8, 4) is 5.75 Å². The lowest BCUT2D eigenvalue weighted by Crippen LogP contribution is -2.28. The second-order valence-corrected chi connectivity index (χ2v) is 6.43. The Kier molecular flexibility index (Phi) is 6.42. The van der Waals surface area contributed by atoms with Gasteiger partial charge in [-0.2, -0.15) is 0 Å². The van der Waals surface area contributed by atoms with Crippen LogP contribution in [0.2, 0.25) is 0 Å². The zero-order chi connectivity index (χ0) is 18.2. The maximum absolute atomic E-state index is 10.7. The van der Waals surface area contributed by atoms with Gasteiger partial charge >= 0.3 is 0 Å². The van der Waals surface area contributed by atoms with Gasteiger partial charge < -0.3 is 9.84 Å². The van der Waals surface area contributed by atoms with Gasteiger partial charge in [-0.1, -0.05) is 72.8 Å². The summed E-state index contributed by atoms with van der Waals surface area (Å²) in [5.74, 6) is 0.854. The number of aliphatic hydroxyl groups is 1. The molecule has 26 heavy (non-hydrogen) atoms. The van der Waals surface area contributed by atoms with Crippen molar-refractivity contribution in [1.29, 1.82) is 0 Å². The number of hydrogen-bond donors (Lipinski definition) is 1. The van der Waals surface area contributed by atoms with E-state index < -0.39 is 6.10 Å². The summed E-state index contributed by atoms with van der Waals surface area (Å²) in [6.07, 6.45) is -0.516. The Morgan fingerprint density at radius 2 is 1.31 bits per heavy atom. The highest BCUT2D eigenvalue weighted by Gasteiger charge is 2.14. The van der Waals surface area contributed by atoms with Gasteiger partial charge in [0.2, 0.25) is 0 Å². The van der Waals surface area contributed by atoms with Gasteiger partial charge in [0.25, 0.3) is 0 Å². The molecule has 0 bridgehead atoms. The van der Waals surface area contributed by atoms with E-state index in [2.05, 4.69) is 41.3 Å². The minimum absolute atomic E-state index is 0.516. The van der Waals surface area contributed by atoms with E-state index in [1.54, 1.807) is 7.11 Å². The SMILES string of the molecule is COc1ccc(CN(Cc2ccccc2)CC(O)c2ccccc2)cc1. The Bertz CT molecular complexity index is 772. The molecule has 1 atom stereocenters. The number of rotatable bonds is 8. The van der Waals surface area contributed by atoms with E-state index >= 15 is 0 Å². The standard InChI is InChI=1S/C23H25NO2/c1-26-22-14-12-20(13-15-22)17-24(16-19-8-4-2-5-9-19)18-23(25)21-10-6-3-7-11-21/h2-15,23,25H,16-18H2,1H3. The molecule has 3 rings (SSSR count). The highest BCUT2D eigenvalue weighted by Crippen LogP contribution is 2.19. The van der Waals surface area contributed by atoms with Gasteiger partial charge in [0.05, 0.1) is 13.2 Å². The predicted molar refractivity (Wildman–Crippen MR) is 105 cm³/mol. The van der Waals surface area contributed by atoms with Crippen LogP contribution in [0.1, 0.15) is 22.8 Å². The van der Waals surface area contributed by atoms with Gasteiger partial charge in [0.1, 0.15) is 5.75 Å². The molecule has 0 amide bonds. The average Bonchev–Trinajstić information content (AvgIpc) is 2.70. The van der Waals surface area contributed by atoms with Crippen LogP contribution in [0.4, 0.5) is 0 Å². The highest BCUT2D eigenvalue weighted by atomic mass is 16.5. The molecule has 0 fully saturated rings. The summed E-state index contributed by atoms with van der Waals surface area (Å²) < 4.78 is 5.24. The van der Waals surface area contributed by atoms with Crippen LogP contribution in [0.15, 0.2) is 84.9 Å². The van der Waals surface area contributed by atoms with Crippen molar-refractivity contribution in [2.45, 2.75) is 19.2 Å². The van der Waals surface area contributed by atoms with Gasteiger partial charge in [-0.25, -0.2) is 0 Å². The van der Waals surface area contributed by atoms with Gasteiger partial charge in [-0.3, -0.25) is 4.90 Å². The maximum Gasteiger partial charge on any atom is 0.118 e. The minimum Gasteiger partial charge on any atom is -0.497 e. The van der Waals surface area contributed by atoms with Gasteiger partial charge in [-0.05, 0) is 28.8 Å². The van der Waals surface area contributed by atoms with Crippen LogP contribution in [0.3, 0.4) is 0 Å². The number of aliphatic hydroxyl groups excluding tert-OH is 1. The van der Waals surface area contributed by atoms with Crippen LogP contribution in [0, 0.1) is 0 Å². The third-order valence-corrected chi connectivity index (χ3v) is 4.43. The third-order valence-electron chi connectivity index (χ3n) is 4.43. The number of benzene rings is 3. The van der Waals surface area contributed by atoms with E-state index in [-0.39, 0.29) is 0 Å². The molecule has 0 saturated carbocycles. The van der Waals surface area contributed by atoms with Crippen LogP contribution >= 0.6 is 0 Å². The molecular formula is C23H25NO2. The Balaban J connectivity index is 1.74. The third kappa shape index (κ3) is 5.19. The molecule has 134 valence electrons. The van der Waals surface area contributed by atoms with E-state index in [4.69, 9.17) is 4.74 Å². The molecule has 1 unspecified atom stereocenters. The minimum atomic E-state index is -0.516. The second-order valence-electron chi connectivity index (χ2n) is 6.43. The van der Waals surface area contributed by atoms with Crippen LogP contribution in [0.25, 0.3) is 0 Å². The molecule has 0 aliphatic carbocycles. The fraction of sp³-hybridized carbons (Fsp3) is 0.217. The second kappa shape index (κ2) is 9.18. The topological polar surface area (TPSA) is 32.7 Å². The van der Waals surface area contributed by atoms with Crippen molar-refractivity contribution >= 4 is 0 Å². The maximum atomic E-state index is 10.7. The van der Waals surface area contributed by atoms with Crippen LogP contribution in [-0.2, 0) is 13.1 Å². The molecule has 0 saturated heterocycles. The zero-order valence-corrected chi connectivity index (χ0v) is 15.1. The smallest absolute Gasteiger partial charge is 0.118 e. The monoisotopic (exact) mass is 347 g/mol. The molecule has 3 heteroatoms. The molecule has 0 heterocycles. The quantitative estimate of drug-likeness (QED) is 0.654. The molecule has 0 spiro atoms. The Morgan fingerprint density at radius 1 is 0.769 bits per heavy atom. The van der Waals surface area contributed by atoms with E-state index in [1.807, 2.05) is 48.5 Å². The van der Waals surface area contributed by atoms with Crippen molar-refractivity contribution in [2.75, 3.05) is 13.7 Å². The fourth-order valence-electron chi connectivity index (χ4n) is 3.04. The Morgan fingerprint density at radius 3 is 1.88 bits per heavy atom. The first kappa shape index (κ1) is 18.2. The van der Waals surface area contributed by atoms with E-state index in [9.17, 15) is 5.11 Å². The Labute approximate surface area is 155 Å². The van der Waals surface area contributed by atoms with E-state index in [0.717, 1.165) is 24.4 Å². The van der Waals surface area contributed by atoms with Crippen LogP contribution in [-0.4, -0.2) is 23.7 Å². The highest BCUT2D eigenvalue weighted by molar-refractivity contribution is 5.27. The number of hydrogen-bond acceptors (Lipinski definition) is 3. The molecule has 3 aromatic rings. The van der Waals surface area contributed by atoms with Gasteiger partial charge in [-0.15, -0.1) is 0 Å². The fourth-order valence-corrected chi connectivity index (χ4v) is 3.04. The van der Waals surface area contributed by atoms with Crippen molar-refractivity contribution in [1.82, 2.24) is 4.90 Å². The lowest BCUT2D eigenvalue weighted by atomic mass is 10.1. The number of ether oxygens (including phenoxy) is 1. The summed E-state index contributed by atoms with van der Waals surface area (Å²) in [6, 6.07) is 28.3. The van der Waals surface area contributed by atoms with E-state index in [0.29, 0.717) is 6.54 Å². The molecule has 0 aliphatic heterocycles. The van der Waals surface area contributed by atoms with E-state index in [1.165, 1.54) is 11.1 Å². The zero-order valence-electron chi connectivity index (χ0n) is 15.1. The van der Waals surface area contributed by atoms with Crippen molar-refractivity contribution in [3.05, 3.63) is 102 Å². The summed E-state index contributed by atoms with van der Waals surface area (Å²) in [4.78, 5) is 2.27. The van der Waals surface area contributed by atoms with Crippen LogP contribution in [0.5, 0.6) is 5.75 Å². The molecule has 0 aromatic heterocycles. The van der Waals surface area contributed by atoms with Crippen LogP contribution < -0.4 is 4.74 Å². The first-order valence-electron chi connectivity index (χ1n) is 8.87. The summed E-state index contributed by atoms with van der Waals surface area (Å²) in [7, 11) is 1.67. The largest absolute Gasteiger partial charge is 0.497 e. The molecule has 0 aliphatic rings. The number of methoxy groups -OCH3 is 1. The summed E-state index contributed by atoms with van der Waals surface area (Å²) in [5.41, 5.74) is 3.38. The Hall–Kier alpha value is -2.62. The summed E-state index contributed by atoms with van der Waals surface area (Å²) >= 11 is 0. The molecule has 1 N–H and O–H groups in total. The molecule has 3 nitrogen and oxygen atoms in total. The molecule has 0 radical (unpaired) electrons. The van der Waals surface area contributed by atoms with Gasteiger partial charge in [0, 0.05) is 19.6 Å².